The van der Waals surface area contributed by atoms with Crippen LogP contribution >= 0.6 is 11.6 Å². The summed E-state index contributed by atoms with van der Waals surface area (Å²) in [5.74, 6) is -1.54. The van der Waals surface area contributed by atoms with Crippen LogP contribution in [0, 0.1) is 0 Å². The second-order valence-electron chi connectivity index (χ2n) is 6.81. The molecule has 0 spiro atoms. The van der Waals surface area contributed by atoms with Crippen LogP contribution in [0.25, 0.3) is 0 Å². The zero-order valence-corrected chi connectivity index (χ0v) is 17.1. The third kappa shape index (κ3) is 4.95. The molecule has 0 aliphatic carbocycles. The Kier molecular flexibility index (Phi) is 6.56. The van der Waals surface area contributed by atoms with Crippen molar-refractivity contribution >= 4 is 33.5 Å². The maximum Gasteiger partial charge on any atom is 0.322 e. The second kappa shape index (κ2) is 8.94. The van der Waals surface area contributed by atoms with Gasteiger partial charge in [-0.05, 0) is 42.5 Å². The van der Waals surface area contributed by atoms with Crippen LogP contribution in [0.1, 0.15) is 34.7 Å². The Hall–Kier alpha value is -2.42. The highest BCUT2D eigenvalue weighted by Crippen LogP contribution is 2.31. The number of carbonyl (C=O) groups excluding carboxylic acids is 1. The van der Waals surface area contributed by atoms with Crippen LogP contribution in [-0.2, 0) is 14.8 Å². The van der Waals surface area contributed by atoms with Crippen molar-refractivity contribution in [3.05, 3.63) is 64.7 Å². The number of rotatable bonds is 6. The number of sulfonamides is 1. The molecular weight excluding hydrogens is 416 g/mol. The van der Waals surface area contributed by atoms with Crippen LogP contribution in [0.3, 0.4) is 0 Å². The van der Waals surface area contributed by atoms with Gasteiger partial charge in [-0.1, -0.05) is 41.9 Å². The highest BCUT2D eigenvalue weighted by atomic mass is 35.5. The van der Waals surface area contributed by atoms with Gasteiger partial charge in [-0.3, -0.25) is 9.59 Å². The number of carboxylic acids is 1. The van der Waals surface area contributed by atoms with Gasteiger partial charge >= 0.3 is 5.97 Å². The van der Waals surface area contributed by atoms with E-state index in [4.69, 9.17) is 16.7 Å². The Bertz CT molecular complexity index is 1000. The monoisotopic (exact) mass is 436 g/mol. The van der Waals surface area contributed by atoms with Gasteiger partial charge in [0.15, 0.2) is 0 Å². The lowest BCUT2D eigenvalue weighted by Crippen LogP contribution is -2.38. The quantitative estimate of drug-likeness (QED) is 0.724. The maximum atomic E-state index is 13.0. The van der Waals surface area contributed by atoms with Gasteiger partial charge in [0.2, 0.25) is 10.0 Å². The maximum absolute atomic E-state index is 13.0. The molecule has 1 amide bonds. The SMILES string of the molecule is O=C(O)CNC(=O)c1ccc(S(=O)(=O)N2CCC(c3ccccc3)CC2)cc1Cl. The van der Waals surface area contributed by atoms with Gasteiger partial charge in [0, 0.05) is 13.1 Å². The van der Waals surface area contributed by atoms with E-state index in [1.54, 1.807) is 0 Å². The smallest absolute Gasteiger partial charge is 0.322 e. The molecule has 2 aromatic carbocycles. The van der Waals surface area contributed by atoms with Gasteiger partial charge in [-0.2, -0.15) is 4.31 Å². The number of benzene rings is 2. The zero-order valence-electron chi connectivity index (χ0n) is 15.5. The number of hydrogen-bond acceptors (Lipinski definition) is 4. The third-order valence-electron chi connectivity index (χ3n) is 4.95. The number of carbonyl (C=O) groups is 2. The molecule has 1 aliphatic heterocycles. The molecular formula is C20H21ClN2O5S. The van der Waals surface area contributed by atoms with Gasteiger partial charge in [-0.15, -0.1) is 0 Å². The number of aliphatic carboxylic acids is 1. The summed E-state index contributed by atoms with van der Waals surface area (Å²) in [6.45, 7) is 0.256. The molecule has 9 heteroatoms. The average Bonchev–Trinajstić information content (AvgIpc) is 2.72. The van der Waals surface area contributed by atoms with Gasteiger partial charge < -0.3 is 10.4 Å². The predicted molar refractivity (Wildman–Crippen MR) is 109 cm³/mol. The van der Waals surface area contributed by atoms with E-state index in [2.05, 4.69) is 17.4 Å². The molecule has 0 radical (unpaired) electrons. The largest absolute Gasteiger partial charge is 0.480 e. The van der Waals surface area contributed by atoms with E-state index in [1.807, 2.05) is 18.2 Å². The van der Waals surface area contributed by atoms with Crippen LogP contribution in [0.2, 0.25) is 5.02 Å². The minimum absolute atomic E-state index is 0.00967. The summed E-state index contributed by atoms with van der Waals surface area (Å²) in [4.78, 5) is 22.6. The molecule has 1 aliphatic rings. The molecule has 1 saturated heterocycles. The number of hydrogen-bond donors (Lipinski definition) is 2. The second-order valence-corrected chi connectivity index (χ2v) is 9.15. The Labute approximate surface area is 174 Å². The van der Waals surface area contributed by atoms with Crippen LogP contribution < -0.4 is 5.32 Å². The van der Waals surface area contributed by atoms with Crippen LogP contribution in [0.5, 0.6) is 0 Å². The molecule has 0 atom stereocenters. The molecule has 1 fully saturated rings. The minimum atomic E-state index is -3.74. The van der Waals surface area contributed by atoms with E-state index in [1.165, 1.54) is 28.1 Å². The van der Waals surface area contributed by atoms with Crippen molar-refractivity contribution in [3.63, 3.8) is 0 Å². The fraction of sp³-hybridized carbons (Fsp3) is 0.300. The van der Waals surface area contributed by atoms with E-state index < -0.39 is 28.4 Å². The van der Waals surface area contributed by atoms with Crippen molar-refractivity contribution < 1.29 is 23.1 Å². The van der Waals surface area contributed by atoms with Crippen LogP contribution in [0.15, 0.2) is 53.4 Å². The van der Waals surface area contributed by atoms with E-state index in [-0.39, 0.29) is 15.5 Å². The Morgan fingerprint density at radius 3 is 2.34 bits per heavy atom. The average molecular weight is 437 g/mol. The molecule has 154 valence electrons. The van der Waals surface area contributed by atoms with Crippen molar-refractivity contribution in [2.24, 2.45) is 0 Å². The fourth-order valence-corrected chi connectivity index (χ4v) is 5.22. The molecule has 29 heavy (non-hydrogen) atoms. The first-order valence-corrected chi connectivity index (χ1v) is 11.0. The van der Waals surface area contributed by atoms with Crippen molar-refractivity contribution in [2.45, 2.75) is 23.7 Å². The fourth-order valence-electron chi connectivity index (χ4n) is 3.40. The molecule has 0 aromatic heterocycles. The molecule has 0 bridgehead atoms. The molecule has 0 saturated carbocycles. The number of piperidine rings is 1. The Morgan fingerprint density at radius 2 is 1.76 bits per heavy atom. The van der Waals surface area contributed by atoms with Crippen LogP contribution in [-0.4, -0.2) is 49.3 Å². The highest BCUT2D eigenvalue weighted by molar-refractivity contribution is 7.89. The van der Waals surface area contributed by atoms with E-state index >= 15 is 0 Å². The Morgan fingerprint density at radius 1 is 1.10 bits per heavy atom. The van der Waals surface area contributed by atoms with Gasteiger partial charge in [0.05, 0.1) is 15.5 Å². The lowest BCUT2D eigenvalue weighted by molar-refractivity contribution is -0.135. The zero-order chi connectivity index (χ0) is 21.0. The molecule has 2 N–H and O–H groups in total. The normalized spacial score (nSPS) is 15.8. The summed E-state index contributed by atoms with van der Waals surface area (Å²) >= 11 is 6.10. The van der Waals surface area contributed by atoms with E-state index in [0.717, 1.165) is 12.8 Å². The van der Waals surface area contributed by atoms with Crippen molar-refractivity contribution in [2.75, 3.05) is 19.6 Å². The van der Waals surface area contributed by atoms with E-state index in [9.17, 15) is 18.0 Å². The standard InChI is InChI=1S/C20H21ClN2O5S/c21-18-12-16(6-7-17(18)20(26)22-13-19(24)25)29(27,28)23-10-8-15(9-11-23)14-4-2-1-3-5-14/h1-7,12,15H,8-11,13H2,(H,22,26)(H,24,25). The first-order valence-electron chi connectivity index (χ1n) is 9.13. The minimum Gasteiger partial charge on any atom is -0.480 e. The van der Waals surface area contributed by atoms with Crippen molar-refractivity contribution in [1.82, 2.24) is 9.62 Å². The summed E-state index contributed by atoms with van der Waals surface area (Å²) < 4.78 is 27.4. The molecule has 3 rings (SSSR count). The lowest BCUT2D eigenvalue weighted by Gasteiger charge is -2.31. The number of amides is 1. The summed E-state index contributed by atoms with van der Waals surface area (Å²) in [7, 11) is -3.74. The Balaban J connectivity index is 1.70. The molecule has 0 unspecified atom stereocenters. The highest BCUT2D eigenvalue weighted by Gasteiger charge is 2.30. The van der Waals surface area contributed by atoms with Gasteiger partial charge in [0.1, 0.15) is 6.54 Å². The summed E-state index contributed by atoms with van der Waals surface area (Å²) in [5.41, 5.74) is 1.24. The number of halogens is 1. The van der Waals surface area contributed by atoms with Gasteiger partial charge in [0.25, 0.3) is 5.91 Å². The summed E-state index contributed by atoms with van der Waals surface area (Å²) in [6, 6.07) is 13.9. The molecule has 1 heterocycles. The number of nitrogens with zero attached hydrogens (tertiary/aromatic N) is 1. The van der Waals surface area contributed by atoms with Crippen molar-refractivity contribution in [3.8, 4) is 0 Å². The lowest BCUT2D eigenvalue weighted by atomic mass is 9.90. The van der Waals surface area contributed by atoms with Gasteiger partial charge in [-0.25, -0.2) is 8.42 Å². The number of carboxylic acid groups (broad SMARTS) is 1. The van der Waals surface area contributed by atoms with Crippen molar-refractivity contribution in [1.29, 1.82) is 0 Å². The van der Waals surface area contributed by atoms with E-state index in [0.29, 0.717) is 19.0 Å². The topological polar surface area (TPSA) is 104 Å². The first-order chi connectivity index (χ1) is 13.8. The molecule has 2 aromatic rings. The number of nitrogens with one attached hydrogen (secondary N) is 1. The molecule has 7 nitrogen and oxygen atoms in total. The summed E-state index contributed by atoms with van der Waals surface area (Å²) in [6.07, 6.45) is 1.46. The predicted octanol–water partition coefficient (Wildman–Crippen LogP) is 2.72. The first kappa shape index (κ1) is 21.3. The third-order valence-corrected chi connectivity index (χ3v) is 7.16. The summed E-state index contributed by atoms with van der Waals surface area (Å²) in [5, 5.41) is 10.8. The van der Waals surface area contributed by atoms with Crippen LogP contribution in [0.4, 0.5) is 0 Å².